The predicted octanol–water partition coefficient (Wildman–Crippen LogP) is 4.52. The van der Waals surface area contributed by atoms with Crippen LogP contribution in [0.2, 0.25) is 0 Å². The number of rotatable bonds is 5. The number of halogens is 3. The van der Waals surface area contributed by atoms with Crippen molar-refractivity contribution in [3.63, 3.8) is 0 Å². The molecule has 8 nitrogen and oxygen atoms in total. The number of carbonyl (C=O) groups is 1. The second-order valence-corrected chi connectivity index (χ2v) is 7.81. The minimum Gasteiger partial charge on any atom is -0.320 e. The summed E-state index contributed by atoms with van der Waals surface area (Å²) in [4.78, 5) is 28.7. The number of carbonyl (C=O) groups excluding carboxylic acids is 1. The number of Topliss-reactive ketones (excluding diaryl/α,β-unsaturated/α-hetero) is 1. The molecule has 4 rings (SSSR count). The van der Waals surface area contributed by atoms with Crippen molar-refractivity contribution in [1.82, 2.24) is 14.8 Å². The normalized spacial score (nSPS) is 16.1. The molecule has 1 N–H and O–H groups in total. The maximum Gasteiger partial charge on any atom is 0.431 e. The Bertz CT molecular complexity index is 1210. The third-order valence-corrected chi connectivity index (χ3v) is 5.98. The number of alkyl halides is 3. The number of hydrogen-bond donors (Lipinski definition) is 1. The highest BCUT2D eigenvalue weighted by atomic mass is 32.1. The van der Waals surface area contributed by atoms with Gasteiger partial charge in [-0.3, -0.25) is 14.9 Å². The molecular weight excluding hydrogens is 435 g/mol. The number of thiophene rings is 1. The quantitative estimate of drug-likeness (QED) is 0.349. The molecule has 0 aliphatic carbocycles. The highest BCUT2D eigenvalue weighted by Crippen LogP contribution is 2.43. The van der Waals surface area contributed by atoms with Gasteiger partial charge in [-0.25, -0.2) is 4.68 Å². The summed E-state index contributed by atoms with van der Waals surface area (Å²) in [6.07, 6.45) is -3.22. The molecule has 1 atom stereocenters. The lowest BCUT2D eigenvalue weighted by Crippen LogP contribution is -2.35. The Morgan fingerprint density at radius 2 is 2.10 bits per heavy atom. The Balaban J connectivity index is 1.96. The summed E-state index contributed by atoms with van der Waals surface area (Å²) in [7, 11) is 0. The number of aromatic nitrogens is 3. The molecule has 1 aliphatic rings. The van der Waals surface area contributed by atoms with Gasteiger partial charge in [-0.1, -0.05) is 19.1 Å². The van der Waals surface area contributed by atoms with Gasteiger partial charge in [0.1, 0.15) is 18.1 Å². The lowest BCUT2D eigenvalue weighted by molar-refractivity contribution is -0.384. The zero-order chi connectivity index (χ0) is 22.3. The van der Waals surface area contributed by atoms with Crippen LogP contribution in [0.4, 0.5) is 24.8 Å². The number of nitrogens with one attached hydrogen (secondary N) is 1. The van der Waals surface area contributed by atoms with E-state index in [1.807, 2.05) is 6.92 Å². The third-order valence-electron chi connectivity index (χ3n) is 4.76. The number of aryl methyl sites for hydroxylation is 1. The van der Waals surface area contributed by atoms with Gasteiger partial charge in [0.15, 0.2) is 0 Å². The first-order chi connectivity index (χ1) is 14.7. The van der Waals surface area contributed by atoms with Crippen LogP contribution in [-0.2, 0) is 6.42 Å². The second kappa shape index (κ2) is 7.61. The van der Waals surface area contributed by atoms with Gasteiger partial charge in [-0.15, -0.1) is 11.3 Å². The van der Waals surface area contributed by atoms with E-state index < -0.39 is 34.2 Å². The second-order valence-electron chi connectivity index (χ2n) is 6.64. The van der Waals surface area contributed by atoms with Gasteiger partial charge in [0, 0.05) is 17.0 Å². The molecule has 160 valence electrons. The standard InChI is InChI=1S/C19H14F3N5O3S/c1-2-12-6-7-13(31-12)16(28)14-15(10-4-3-5-11(8-10)27(29)30)26-18(23-9-24-26)25-17(14)19(20,21)22/h3-9,15H,2H2,1H3,(H,23,24,25)/t15-/m0/s1. The number of nitrogens with zero attached hydrogens (tertiary/aromatic N) is 4. The zero-order valence-electron chi connectivity index (χ0n) is 15.9. The number of nitro benzene ring substituents is 1. The molecule has 2 aromatic heterocycles. The van der Waals surface area contributed by atoms with Gasteiger partial charge < -0.3 is 5.32 Å². The van der Waals surface area contributed by atoms with Crippen LogP contribution in [0.5, 0.6) is 0 Å². The van der Waals surface area contributed by atoms with E-state index in [-0.39, 0.29) is 22.1 Å². The molecule has 1 aromatic carbocycles. The van der Waals surface area contributed by atoms with Crippen LogP contribution < -0.4 is 5.32 Å². The Hall–Kier alpha value is -3.54. The average Bonchev–Trinajstić information content (AvgIpc) is 3.40. The van der Waals surface area contributed by atoms with E-state index in [9.17, 15) is 28.1 Å². The van der Waals surface area contributed by atoms with E-state index >= 15 is 0 Å². The number of hydrogen-bond acceptors (Lipinski definition) is 7. The van der Waals surface area contributed by atoms with Gasteiger partial charge in [0.25, 0.3) is 5.69 Å². The Labute approximate surface area is 177 Å². The Morgan fingerprint density at radius 1 is 1.32 bits per heavy atom. The average molecular weight is 449 g/mol. The number of fused-ring (bicyclic) bond motifs is 1. The lowest BCUT2D eigenvalue weighted by Gasteiger charge is -2.30. The minimum absolute atomic E-state index is 0.111. The molecule has 0 bridgehead atoms. The highest BCUT2D eigenvalue weighted by Gasteiger charge is 2.46. The molecule has 0 radical (unpaired) electrons. The maximum absolute atomic E-state index is 14.0. The van der Waals surface area contributed by atoms with Crippen LogP contribution in [0, 0.1) is 10.1 Å². The van der Waals surface area contributed by atoms with Crippen LogP contribution in [0.1, 0.15) is 33.1 Å². The number of allylic oxidation sites excluding steroid dienone is 2. The van der Waals surface area contributed by atoms with E-state index in [4.69, 9.17) is 0 Å². The lowest BCUT2D eigenvalue weighted by atomic mass is 9.91. The smallest absolute Gasteiger partial charge is 0.320 e. The van der Waals surface area contributed by atoms with E-state index in [1.165, 1.54) is 24.3 Å². The molecule has 3 heterocycles. The highest BCUT2D eigenvalue weighted by molar-refractivity contribution is 7.14. The molecule has 0 fully saturated rings. The van der Waals surface area contributed by atoms with Crippen molar-refractivity contribution in [2.24, 2.45) is 0 Å². The van der Waals surface area contributed by atoms with E-state index in [0.717, 1.165) is 33.3 Å². The third kappa shape index (κ3) is 3.69. The fourth-order valence-corrected chi connectivity index (χ4v) is 4.27. The van der Waals surface area contributed by atoms with E-state index in [0.29, 0.717) is 6.42 Å². The first-order valence-electron chi connectivity index (χ1n) is 9.06. The van der Waals surface area contributed by atoms with E-state index in [1.54, 1.807) is 6.07 Å². The van der Waals surface area contributed by atoms with Crippen molar-refractivity contribution < 1.29 is 22.9 Å². The fourth-order valence-electron chi connectivity index (χ4n) is 3.37. The summed E-state index contributed by atoms with van der Waals surface area (Å²) in [6, 6.07) is 6.93. The summed E-state index contributed by atoms with van der Waals surface area (Å²) in [5, 5.41) is 17.4. The van der Waals surface area contributed by atoms with Crippen molar-refractivity contribution in [2.75, 3.05) is 5.32 Å². The molecule has 1 aliphatic heterocycles. The molecular formula is C19H14F3N5O3S. The van der Waals surface area contributed by atoms with Gasteiger partial charge in [0.05, 0.1) is 15.4 Å². The van der Waals surface area contributed by atoms with Crippen LogP contribution in [0.15, 0.2) is 54.0 Å². The first-order valence-corrected chi connectivity index (χ1v) is 9.88. The maximum atomic E-state index is 14.0. The van der Waals surface area contributed by atoms with Crippen LogP contribution in [-0.4, -0.2) is 31.6 Å². The molecule has 0 spiro atoms. The molecule has 31 heavy (non-hydrogen) atoms. The zero-order valence-corrected chi connectivity index (χ0v) is 16.7. The summed E-state index contributed by atoms with van der Waals surface area (Å²) < 4.78 is 43.1. The summed E-state index contributed by atoms with van der Waals surface area (Å²) in [6.45, 7) is 1.87. The number of non-ortho nitro benzene ring substituents is 1. The predicted molar refractivity (Wildman–Crippen MR) is 106 cm³/mol. The molecule has 0 saturated heterocycles. The van der Waals surface area contributed by atoms with Gasteiger partial charge in [0.2, 0.25) is 11.7 Å². The number of ketones is 1. The molecule has 3 aromatic rings. The summed E-state index contributed by atoms with van der Waals surface area (Å²) >= 11 is 1.10. The van der Waals surface area contributed by atoms with Gasteiger partial charge in [-0.2, -0.15) is 23.3 Å². The summed E-state index contributed by atoms with van der Waals surface area (Å²) in [5.74, 6) is -1.05. The number of anilines is 1. The molecule has 0 unspecified atom stereocenters. The largest absolute Gasteiger partial charge is 0.431 e. The van der Waals surface area contributed by atoms with Crippen LogP contribution in [0.25, 0.3) is 0 Å². The minimum atomic E-state index is -4.90. The van der Waals surface area contributed by atoms with Gasteiger partial charge >= 0.3 is 6.18 Å². The molecule has 0 amide bonds. The number of nitro groups is 1. The van der Waals surface area contributed by atoms with E-state index in [2.05, 4.69) is 15.4 Å². The fraction of sp³-hybridized carbons (Fsp3) is 0.211. The Morgan fingerprint density at radius 3 is 2.74 bits per heavy atom. The summed E-state index contributed by atoms with van der Waals surface area (Å²) in [5.41, 5.74) is -2.07. The van der Waals surface area contributed by atoms with Crippen molar-refractivity contribution >= 4 is 28.8 Å². The molecule has 12 heteroatoms. The van der Waals surface area contributed by atoms with Crippen molar-refractivity contribution in [3.05, 3.63) is 79.4 Å². The van der Waals surface area contributed by atoms with Crippen molar-refractivity contribution in [1.29, 1.82) is 0 Å². The van der Waals surface area contributed by atoms with Crippen LogP contribution >= 0.6 is 11.3 Å². The van der Waals surface area contributed by atoms with Gasteiger partial charge in [-0.05, 0) is 24.1 Å². The van der Waals surface area contributed by atoms with Crippen LogP contribution in [0.3, 0.4) is 0 Å². The van der Waals surface area contributed by atoms with Crippen molar-refractivity contribution in [3.8, 4) is 0 Å². The molecule has 0 saturated carbocycles. The SMILES string of the molecule is CCc1ccc(C(=O)C2=C(C(F)(F)F)Nc3ncnn3[C@H]2c2cccc([N+](=O)[O-])c2)s1. The first kappa shape index (κ1) is 20.7. The topological polar surface area (TPSA) is 103 Å². The Kier molecular flexibility index (Phi) is 5.09. The monoisotopic (exact) mass is 449 g/mol. The van der Waals surface area contributed by atoms with Crippen molar-refractivity contribution in [2.45, 2.75) is 25.6 Å². The number of benzene rings is 1.